The van der Waals surface area contributed by atoms with Gasteiger partial charge >= 0.3 is 0 Å². The van der Waals surface area contributed by atoms with Crippen molar-refractivity contribution in [3.63, 3.8) is 0 Å². The molecule has 0 unspecified atom stereocenters. The fraction of sp³-hybridized carbons (Fsp3) is 0.188. The van der Waals surface area contributed by atoms with Gasteiger partial charge in [0.2, 0.25) is 5.91 Å². The molecule has 1 aliphatic rings. The van der Waals surface area contributed by atoms with Crippen LogP contribution in [-0.4, -0.2) is 59.5 Å². The molecule has 0 spiro atoms. The van der Waals surface area contributed by atoms with Gasteiger partial charge in [-0.1, -0.05) is 48.5 Å². The van der Waals surface area contributed by atoms with E-state index in [1.54, 1.807) is 18.1 Å². The van der Waals surface area contributed by atoms with E-state index in [4.69, 9.17) is 4.74 Å². The number of aromatic nitrogens is 1. The van der Waals surface area contributed by atoms with Crippen LogP contribution in [0.1, 0.15) is 21.6 Å². The van der Waals surface area contributed by atoms with Gasteiger partial charge in [0.1, 0.15) is 5.75 Å². The van der Waals surface area contributed by atoms with Gasteiger partial charge in [0.15, 0.2) is 0 Å². The first kappa shape index (κ1) is 25.1. The molecule has 6 heteroatoms. The smallest absolute Gasteiger partial charge is 0.255 e. The number of amides is 2. The fourth-order valence-corrected chi connectivity index (χ4v) is 4.84. The molecule has 1 saturated heterocycles. The molecule has 0 N–H and O–H groups in total. The maximum absolute atomic E-state index is 13.7. The number of benzene rings is 3. The van der Waals surface area contributed by atoms with Crippen molar-refractivity contribution in [3.8, 4) is 22.7 Å². The molecule has 0 bridgehead atoms. The zero-order valence-electron chi connectivity index (χ0n) is 21.7. The molecule has 2 heterocycles. The van der Waals surface area contributed by atoms with Crippen molar-refractivity contribution >= 4 is 17.9 Å². The first-order chi connectivity index (χ1) is 18.5. The van der Waals surface area contributed by atoms with Crippen LogP contribution in [0.25, 0.3) is 23.0 Å². The number of methoxy groups -OCH3 is 1. The summed E-state index contributed by atoms with van der Waals surface area (Å²) in [5, 5.41) is 0. The molecule has 0 saturated carbocycles. The molecule has 1 aliphatic heterocycles. The highest BCUT2D eigenvalue weighted by Crippen LogP contribution is 2.31. The molecule has 0 aliphatic carbocycles. The van der Waals surface area contributed by atoms with Gasteiger partial charge in [0, 0.05) is 43.6 Å². The topological polar surface area (TPSA) is 54.8 Å². The van der Waals surface area contributed by atoms with E-state index < -0.39 is 0 Å². The summed E-state index contributed by atoms with van der Waals surface area (Å²) in [6.07, 6.45) is 3.44. The van der Waals surface area contributed by atoms with Crippen molar-refractivity contribution < 1.29 is 14.3 Å². The molecule has 0 atom stereocenters. The molecule has 1 aromatic heterocycles. The number of nitrogens with zero attached hydrogens (tertiary/aromatic N) is 3. The van der Waals surface area contributed by atoms with E-state index in [0.717, 1.165) is 34.0 Å². The average Bonchev–Trinajstić information content (AvgIpc) is 3.33. The Bertz CT molecular complexity index is 1430. The summed E-state index contributed by atoms with van der Waals surface area (Å²) in [6.45, 7) is 4.00. The summed E-state index contributed by atoms with van der Waals surface area (Å²) in [4.78, 5) is 30.1. The number of hydrogen-bond donors (Lipinski definition) is 0. The van der Waals surface area contributed by atoms with Gasteiger partial charge in [-0.2, -0.15) is 0 Å². The molecule has 3 aromatic carbocycles. The summed E-state index contributed by atoms with van der Waals surface area (Å²) in [6, 6.07) is 29.7. The summed E-state index contributed by atoms with van der Waals surface area (Å²) >= 11 is 0. The Balaban J connectivity index is 1.35. The minimum atomic E-state index is -0.0332. The molecule has 192 valence electrons. The largest absolute Gasteiger partial charge is 0.497 e. The second kappa shape index (κ2) is 11.2. The normalized spacial score (nSPS) is 13.6. The predicted molar refractivity (Wildman–Crippen MR) is 150 cm³/mol. The van der Waals surface area contributed by atoms with Gasteiger partial charge in [-0.05, 0) is 66.6 Å². The lowest BCUT2D eigenvalue weighted by molar-refractivity contribution is -0.127. The van der Waals surface area contributed by atoms with Crippen molar-refractivity contribution in [1.29, 1.82) is 0 Å². The predicted octanol–water partition coefficient (Wildman–Crippen LogP) is 5.46. The molecular weight excluding hydrogens is 474 g/mol. The van der Waals surface area contributed by atoms with E-state index >= 15 is 0 Å². The standard InChI is InChI=1S/C32H31N3O3/c1-24-29(23-30(26-14-16-28(38-2)17-15-26)35(24)27-11-7-4-8-12-27)32(37)34-21-19-33(20-22-34)31(36)18-13-25-9-5-3-6-10-25/h3-18,23H,19-22H2,1-2H3/b18-13+. The van der Waals surface area contributed by atoms with Crippen LogP contribution in [0.5, 0.6) is 5.75 Å². The zero-order valence-corrected chi connectivity index (χ0v) is 21.7. The Kier molecular flexibility index (Phi) is 7.40. The van der Waals surface area contributed by atoms with Crippen LogP contribution in [-0.2, 0) is 4.79 Å². The maximum Gasteiger partial charge on any atom is 0.255 e. The zero-order chi connectivity index (χ0) is 26.5. The summed E-state index contributed by atoms with van der Waals surface area (Å²) in [7, 11) is 1.65. The highest BCUT2D eigenvalue weighted by atomic mass is 16.5. The second-order valence-corrected chi connectivity index (χ2v) is 9.29. The lowest BCUT2D eigenvalue weighted by atomic mass is 10.1. The van der Waals surface area contributed by atoms with Gasteiger partial charge in [0.25, 0.3) is 5.91 Å². The van der Waals surface area contributed by atoms with Gasteiger partial charge in [-0.15, -0.1) is 0 Å². The van der Waals surface area contributed by atoms with Crippen LogP contribution >= 0.6 is 0 Å². The molecule has 6 nitrogen and oxygen atoms in total. The average molecular weight is 506 g/mol. The number of ether oxygens (including phenoxy) is 1. The Labute approximate surface area is 223 Å². The van der Waals surface area contributed by atoms with E-state index in [1.807, 2.05) is 109 Å². The SMILES string of the molecule is COc1ccc(-c2cc(C(=O)N3CCN(C(=O)/C=C/c4ccccc4)CC3)c(C)n2-c2ccccc2)cc1. The Morgan fingerprint density at radius 2 is 1.39 bits per heavy atom. The maximum atomic E-state index is 13.7. The lowest BCUT2D eigenvalue weighted by Gasteiger charge is -2.34. The first-order valence-corrected chi connectivity index (χ1v) is 12.8. The molecule has 5 rings (SSSR count). The van der Waals surface area contributed by atoms with E-state index in [-0.39, 0.29) is 11.8 Å². The highest BCUT2D eigenvalue weighted by molar-refractivity contribution is 5.98. The Hall–Kier alpha value is -4.58. The third-order valence-corrected chi connectivity index (χ3v) is 6.97. The van der Waals surface area contributed by atoms with E-state index in [2.05, 4.69) is 4.57 Å². The lowest BCUT2D eigenvalue weighted by Crippen LogP contribution is -2.50. The minimum Gasteiger partial charge on any atom is -0.497 e. The van der Waals surface area contributed by atoms with Crippen LogP contribution in [0.15, 0.2) is 97.1 Å². The van der Waals surface area contributed by atoms with Crippen molar-refractivity contribution in [1.82, 2.24) is 14.4 Å². The number of carbonyl (C=O) groups excluding carboxylic acids is 2. The van der Waals surface area contributed by atoms with Gasteiger partial charge in [-0.3, -0.25) is 9.59 Å². The fourth-order valence-electron chi connectivity index (χ4n) is 4.84. The van der Waals surface area contributed by atoms with Crippen LogP contribution in [0, 0.1) is 6.92 Å². The van der Waals surface area contributed by atoms with Crippen molar-refractivity contribution in [2.75, 3.05) is 33.3 Å². The van der Waals surface area contributed by atoms with Gasteiger partial charge in [0.05, 0.1) is 18.4 Å². The van der Waals surface area contributed by atoms with Crippen molar-refractivity contribution in [2.24, 2.45) is 0 Å². The number of para-hydroxylation sites is 1. The molecule has 1 fully saturated rings. The summed E-state index contributed by atoms with van der Waals surface area (Å²) in [5.41, 5.74) is 5.48. The van der Waals surface area contributed by atoms with Gasteiger partial charge in [-0.25, -0.2) is 0 Å². The summed E-state index contributed by atoms with van der Waals surface area (Å²) in [5.74, 6) is 0.735. The molecule has 0 radical (unpaired) electrons. The molecular formula is C32H31N3O3. The quantitative estimate of drug-likeness (QED) is 0.327. The number of carbonyl (C=O) groups is 2. The Morgan fingerprint density at radius 3 is 2.03 bits per heavy atom. The second-order valence-electron chi connectivity index (χ2n) is 9.29. The van der Waals surface area contributed by atoms with E-state index in [1.165, 1.54) is 0 Å². The van der Waals surface area contributed by atoms with Crippen LogP contribution in [0.4, 0.5) is 0 Å². The van der Waals surface area contributed by atoms with E-state index in [0.29, 0.717) is 31.7 Å². The van der Waals surface area contributed by atoms with Crippen LogP contribution in [0.3, 0.4) is 0 Å². The third-order valence-electron chi connectivity index (χ3n) is 6.97. The molecule has 4 aromatic rings. The number of hydrogen-bond acceptors (Lipinski definition) is 3. The monoisotopic (exact) mass is 505 g/mol. The third kappa shape index (κ3) is 5.25. The minimum absolute atomic E-state index is 0.0149. The number of piperazine rings is 1. The van der Waals surface area contributed by atoms with Crippen molar-refractivity contribution in [2.45, 2.75) is 6.92 Å². The Morgan fingerprint density at radius 1 is 0.789 bits per heavy atom. The van der Waals surface area contributed by atoms with Crippen LogP contribution in [0.2, 0.25) is 0 Å². The number of rotatable bonds is 6. The molecule has 38 heavy (non-hydrogen) atoms. The summed E-state index contributed by atoms with van der Waals surface area (Å²) < 4.78 is 7.46. The van der Waals surface area contributed by atoms with Crippen LogP contribution < -0.4 is 4.74 Å². The van der Waals surface area contributed by atoms with Crippen molar-refractivity contribution in [3.05, 3.63) is 114 Å². The van der Waals surface area contributed by atoms with E-state index in [9.17, 15) is 9.59 Å². The van der Waals surface area contributed by atoms with Gasteiger partial charge < -0.3 is 19.1 Å². The molecule has 2 amide bonds. The highest BCUT2D eigenvalue weighted by Gasteiger charge is 2.27. The first-order valence-electron chi connectivity index (χ1n) is 12.8.